The first-order valence-electron chi connectivity index (χ1n) is 42.7. The molecule has 11 aliphatic carbocycles. The molecule has 0 N–H and O–H groups in total. The summed E-state index contributed by atoms with van der Waals surface area (Å²) in [5.41, 5.74) is 2.72. The lowest BCUT2D eigenvalue weighted by molar-refractivity contribution is 0.155. The van der Waals surface area contributed by atoms with Crippen molar-refractivity contribution in [3.63, 3.8) is 0 Å². The molecule has 0 spiro atoms. The minimum atomic E-state index is 0.500. The third-order valence-corrected chi connectivity index (χ3v) is 26.9. The normalized spacial score (nSPS) is 28.3. The summed E-state index contributed by atoms with van der Waals surface area (Å²) in [6.45, 7) is 64.7. The Morgan fingerprint density at radius 3 is 0.879 bits per heavy atom. The van der Waals surface area contributed by atoms with Crippen molar-refractivity contribution in [2.45, 2.75) is 470 Å². The highest BCUT2D eigenvalue weighted by atomic mass is 14.4. The maximum absolute atomic E-state index is 2.39. The lowest BCUT2D eigenvalue weighted by Gasteiger charge is -2.37. The SMILES string of the molecule is CC(C)C(C)(C)C.CC(C)C1CCC1.CC1(C)CCCC1.CC1CCCCC1.CC1CCC[C@H]1C.CC1CC[C@@H](C)C1.CCC(C)C(C)C.CCC1(C)CCC1.CCC1(C)CCC1.CCC1CC(C)C1.CCC1CCCC1.CCC1CC[C@@H]1C.CCCC1CCC1. The van der Waals surface area contributed by atoms with Crippen LogP contribution >= 0.6 is 0 Å². The van der Waals surface area contributed by atoms with Crippen molar-refractivity contribution in [1.82, 2.24) is 0 Å². The van der Waals surface area contributed by atoms with Crippen LogP contribution in [0.3, 0.4) is 0 Å². The van der Waals surface area contributed by atoms with Gasteiger partial charge >= 0.3 is 0 Å². The average Bonchev–Trinajstić information content (AvgIpc) is 3.45. The van der Waals surface area contributed by atoms with Crippen LogP contribution in [-0.4, -0.2) is 0 Å². The van der Waals surface area contributed by atoms with Crippen molar-refractivity contribution in [2.24, 2.45) is 116 Å². The zero-order valence-electron chi connectivity index (χ0n) is 69.6. The summed E-state index contributed by atoms with van der Waals surface area (Å²) in [7, 11) is 0. The highest BCUT2D eigenvalue weighted by molar-refractivity contribution is 4.82. The fourth-order valence-electron chi connectivity index (χ4n) is 14.7. The second-order valence-corrected chi connectivity index (χ2v) is 37.9. The Kier molecular flexibility index (Phi) is 55.1. The predicted octanol–water partition coefficient (Wildman–Crippen LogP) is 33.1. The predicted molar refractivity (Wildman–Crippen MR) is 423 cm³/mol. The summed E-state index contributed by atoms with van der Waals surface area (Å²) in [5, 5.41) is 0. The molecular weight excluding hydrogens is 1090 g/mol. The molecule has 11 fully saturated rings. The smallest absolute Gasteiger partial charge is 0.0328 e. The minimum absolute atomic E-state index is 0.500. The molecule has 0 aromatic carbocycles. The van der Waals surface area contributed by atoms with Crippen molar-refractivity contribution in [3.8, 4) is 0 Å². The van der Waals surface area contributed by atoms with E-state index < -0.39 is 0 Å². The van der Waals surface area contributed by atoms with E-state index in [1.54, 1.807) is 0 Å². The van der Waals surface area contributed by atoms with E-state index in [0.717, 1.165) is 106 Å². The van der Waals surface area contributed by atoms with Gasteiger partial charge in [0.1, 0.15) is 0 Å². The summed E-state index contributed by atoms with van der Waals surface area (Å²) < 4.78 is 0. The van der Waals surface area contributed by atoms with Gasteiger partial charge in [-0.1, -0.05) is 406 Å². The van der Waals surface area contributed by atoms with Crippen LogP contribution in [-0.2, 0) is 0 Å². The molecule has 11 rings (SSSR count). The number of hydrogen-bond donors (Lipinski definition) is 0. The van der Waals surface area contributed by atoms with Crippen LogP contribution in [0.2, 0.25) is 0 Å². The van der Waals surface area contributed by atoms with Crippen LogP contribution in [0.25, 0.3) is 0 Å². The molecule has 7 atom stereocenters. The van der Waals surface area contributed by atoms with E-state index >= 15 is 0 Å². The van der Waals surface area contributed by atoms with Gasteiger partial charge in [0, 0.05) is 0 Å². The van der Waals surface area contributed by atoms with Crippen LogP contribution in [0, 0.1) is 116 Å². The first-order chi connectivity index (χ1) is 42.7. The monoisotopic (exact) mass is 1280 g/mol. The number of hydrogen-bond acceptors (Lipinski definition) is 0. The first kappa shape index (κ1) is 93.1. The Bertz CT molecular complexity index is 1420. The van der Waals surface area contributed by atoms with Crippen LogP contribution in [0.15, 0.2) is 0 Å². The van der Waals surface area contributed by atoms with E-state index in [-0.39, 0.29) is 0 Å². The lowest BCUT2D eigenvalue weighted by Crippen LogP contribution is -2.23. The molecule has 0 nitrogen and oxygen atoms in total. The molecule has 0 amide bonds. The molecular formula is C91H186. The largest absolute Gasteiger partial charge is 0.0654 e. The van der Waals surface area contributed by atoms with E-state index in [2.05, 4.69) is 194 Å². The molecule has 0 aromatic rings. The highest BCUT2D eigenvalue weighted by Crippen LogP contribution is 2.44. The molecule has 0 heteroatoms. The average molecular weight is 1280 g/mol. The van der Waals surface area contributed by atoms with Crippen molar-refractivity contribution in [3.05, 3.63) is 0 Å². The second-order valence-electron chi connectivity index (χ2n) is 37.9. The Balaban J connectivity index is 0. The summed E-state index contributed by atoms with van der Waals surface area (Å²) in [4.78, 5) is 0. The molecule has 91 heavy (non-hydrogen) atoms. The summed E-state index contributed by atoms with van der Waals surface area (Å²) in [6.07, 6.45) is 63.2. The van der Waals surface area contributed by atoms with Gasteiger partial charge in [0.2, 0.25) is 0 Å². The molecule has 550 valence electrons. The third kappa shape index (κ3) is 49.2. The molecule has 0 heterocycles. The molecule has 0 bridgehead atoms. The van der Waals surface area contributed by atoms with Gasteiger partial charge in [-0.25, -0.2) is 0 Å². The zero-order valence-corrected chi connectivity index (χ0v) is 69.6. The fourth-order valence-corrected chi connectivity index (χ4v) is 14.7. The van der Waals surface area contributed by atoms with Crippen LogP contribution in [0.5, 0.6) is 0 Å². The Morgan fingerprint density at radius 2 is 0.780 bits per heavy atom. The van der Waals surface area contributed by atoms with Gasteiger partial charge in [-0.3, -0.25) is 0 Å². The Hall–Kier alpha value is 0. The molecule has 0 aliphatic heterocycles. The quantitative estimate of drug-likeness (QED) is 0.205. The van der Waals surface area contributed by atoms with Gasteiger partial charge in [0.15, 0.2) is 0 Å². The fraction of sp³-hybridized carbons (Fsp3) is 1.00. The highest BCUT2D eigenvalue weighted by Gasteiger charge is 2.30. The Morgan fingerprint density at radius 1 is 0.363 bits per heavy atom. The molecule has 0 aromatic heterocycles. The third-order valence-electron chi connectivity index (χ3n) is 26.9. The maximum atomic E-state index is 2.39. The van der Waals surface area contributed by atoms with Crippen LogP contribution in [0.1, 0.15) is 470 Å². The van der Waals surface area contributed by atoms with E-state index in [1.165, 1.54) is 276 Å². The molecule has 11 saturated carbocycles. The minimum Gasteiger partial charge on any atom is -0.0654 e. The van der Waals surface area contributed by atoms with Crippen molar-refractivity contribution in [1.29, 1.82) is 0 Å². The van der Waals surface area contributed by atoms with Gasteiger partial charge in [-0.05, 0) is 181 Å². The van der Waals surface area contributed by atoms with Crippen molar-refractivity contribution < 1.29 is 0 Å². The van der Waals surface area contributed by atoms with Gasteiger partial charge in [-0.15, -0.1) is 0 Å². The van der Waals surface area contributed by atoms with Crippen molar-refractivity contribution >= 4 is 0 Å². The van der Waals surface area contributed by atoms with Gasteiger partial charge in [0.05, 0.1) is 0 Å². The zero-order chi connectivity index (χ0) is 69.6. The van der Waals surface area contributed by atoms with Crippen LogP contribution < -0.4 is 0 Å². The molecule has 4 unspecified atom stereocenters. The first-order valence-corrected chi connectivity index (χ1v) is 42.7. The van der Waals surface area contributed by atoms with Crippen molar-refractivity contribution in [2.75, 3.05) is 0 Å². The van der Waals surface area contributed by atoms with E-state index in [4.69, 9.17) is 0 Å². The number of rotatable bonds is 10. The second kappa shape index (κ2) is 53.9. The van der Waals surface area contributed by atoms with Gasteiger partial charge < -0.3 is 0 Å². The molecule has 11 aliphatic rings. The van der Waals surface area contributed by atoms with Crippen LogP contribution in [0.4, 0.5) is 0 Å². The Labute approximate surface area is 583 Å². The standard InChI is InChI=1S/11C7H14.2C7H16/c1-6-3-4-7(2)5-6;1-7(2)5-3-4-6-7;1-6-4-3-5-7(6)2;1-6(2)7-4-3-5-7;1-7-5-3-2-4-6-7;1-3-7-4-6(2)5-7;2*1-3-7(2)5-4-6-7;1-3-7-5-4-6(7)2;1-2-7-5-3-4-6-7;1-2-4-7-5-3-6-7;1-6(2)7(3,4)5;1-5-7(4)6(2)3/h6-7H,3-5H2,1-2H3;3-6H2,1-2H3;2*6-7H,3-5H2,1-2H3;7H,2-6H2,1H3;6-7H,3-5H2,1-2H3;2*3-6H2,1-2H3;6-7H,3-5H2,1-2H3;2*7H,2-6H2,1H3;6H,1-5H3;6-7H,5H2,1-4H3/t6-,7?;;6-,7?;;;;;;6-,7?;;;;/m1.1.....0..../s1. The van der Waals surface area contributed by atoms with E-state index in [9.17, 15) is 0 Å². The lowest BCUT2D eigenvalue weighted by atomic mass is 9.69. The summed E-state index contributed by atoms with van der Waals surface area (Å²) >= 11 is 0. The van der Waals surface area contributed by atoms with E-state index in [1.807, 2.05) is 0 Å². The van der Waals surface area contributed by atoms with Gasteiger partial charge in [0.25, 0.3) is 0 Å². The van der Waals surface area contributed by atoms with E-state index in [0.29, 0.717) is 10.8 Å². The topological polar surface area (TPSA) is 0 Å². The summed E-state index contributed by atoms with van der Waals surface area (Å²) in [5.74, 6) is 16.2. The molecule has 0 radical (unpaired) electrons. The molecule has 0 saturated heterocycles. The summed E-state index contributed by atoms with van der Waals surface area (Å²) in [6, 6.07) is 0. The van der Waals surface area contributed by atoms with Gasteiger partial charge in [-0.2, -0.15) is 0 Å². The maximum Gasteiger partial charge on any atom is -0.0328 e.